The molecule has 3 amide bonds. The van der Waals surface area contributed by atoms with Crippen LogP contribution in [-0.2, 0) is 21.0 Å². The molecule has 0 bridgehead atoms. The second kappa shape index (κ2) is 15.2. The van der Waals surface area contributed by atoms with Gasteiger partial charge in [-0.15, -0.1) is 12.4 Å². The molecule has 2 aromatic heterocycles. The maximum absolute atomic E-state index is 12.9. The molecule has 4 rings (SSSR count). The summed E-state index contributed by atoms with van der Waals surface area (Å²) in [5, 5.41) is 5.99. The largest absolute Gasteiger partial charge is 0.485 e. The van der Waals surface area contributed by atoms with Gasteiger partial charge >= 0.3 is 0 Å². The van der Waals surface area contributed by atoms with Gasteiger partial charge < -0.3 is 20.3 Å². The fraction of sp³-hybridized carbons (Fsp3) is 0.200. The summed E-state index contributed by atoms with van der Waals surface area (Å²) in [7, 11) is 1.56. The van der Waals surface area contributed by atoms with Crippen molar-refractivity contribution >= 4 is 92.4 Å². The van der Waals surface area contributed by atoms with Crippen LogP contribution in [0, 0.1) is 6.92 Å². The summed E-state index contributed by atoms with van der Waals surface area (Å²) in [5.74, 6) is -0.357. The molecule has 0 saturated carbocycles. The second-order valence-electron chi connectivity index (χ2n) is 9.23. The Hall–Kier alpha value is -3.57. The zero-order chi connectivity index (χ0) is 30.4. The Kier molecular flexibility index (Phi) is 12.0. The van der Waals surface area contributed by atoms with Crippen LogP contribution in [0.4, 0.5) is 11.4 Å². The third-order valence-electron chi connectivity index (χ3n) is 6.34. The summed E-state index contributed by atoms with van der Waals surface area (Å²) < 4.78 is 8.74. The number of likely N-dealkylation sites (N-methyl/N-ethyl adjacent to an activating group) is 1. The molecule has 0 aliphatic heterocycles. The highest BCUT2D eigenvalue weighted by atomic mass is 79.9. The molecule has 0 saturated heterocycles. The van der Waals surface area contributed by atoms with Crippen molar-refractivity contribution in [2.45, 2.75) is 26.9 Å². The predicted molar refractivity (Wildman–Crippen MR) is 176 cm³/mol. The lowest BCUT2D eigenvalue weighted by Gasteiger charge is -2.21. The number of hydrogen-bond acceptors (Lipinski definition) is 5. The summed E-state index contributed by atoms with van der Waals surface area (Å²) in [4.78, 5) is 42.6. The van der Waals surface area contributed by atoms with Crippen LogP contribution < -0.4 is 20.3 Å². The number of aromatic nitrogens is 2. The highest BCUT2D eigenvalue weighted by molar-refractivity contribution is 9.10. The summed E-state index contributed by atoms with van der Waals surface area (Å²) in [6.07, 6.45) is 5.20. The van der Waals surface area contributed by atoms with E-state index in [0.717, 1.165) is 15.9 Å². The predicted octanol–water partition coefficient (Wildman–Crippen LogP) is 6.85. The number of fused-ring (bicyclic) bond motifs is 1. The van der Waals surface area contributed by atoms with Crippen molar-refractivity contribution in [3.63, 3.8) is 0 Å². The SMILES string of the molecule is CCC(=O)Nc1ccc(C=CC(=O)NCC(=O)N(C)c2ccc(Cl)c(COc3cccn4c(Br)c(C)nc34)c2Cl)cc1.Cl. The van der Waals surface area contributed by atoms with E-state index in [1.54, 1.807) is 62.5 Å². The minimum absolute atomic E-state index is 0. The Labute approximate surface area is 273 Å². The number of imidazole rings is 1. The van der Waals surface area contributed by atoms with Gasteiger partial charge in [0.05, 0.1) is 22.9 Å². The molecule has 2 N–H and O–H groups in total. The van der Waals surface area contributed by atoms with Crippen LogP contribution in [0.25, 0.3) is 11.7 Å². The van der Waals surface area contributed by atoms with Crippen LogP contribution in [0.2, 0.25) is 10.0 Å². The number of benzene rings is 2. The van der Waals surface area contributed by atoms with Gasteiger partial charge in [0.15, 0.2) is 11.4 Å². The molecule has 0 unspecified atom stereocenters. The maximum atomic E-state index is 12.9. The van der Waals surface area contributed by atoms with Crippen molar-refractivity contribution in [2.24, 2.45) is 0 Å². The van der Waals surface area contributed by atoms with Gasteiger partial charge in [0.2, 0.25) is 17.7 Å². The average molecular weight is 710 g/mol. The number of hydrogen-bond donors (Lipinski definition) is 2. The number of nitrogens with zero attached hydrogens (tertiary/aromatic N) is 3. The number of pyridine rings is 1. The van der Waals surface area contributed by atoms with E-state index < -0.39 is 5.91 Å². The van der Waals surface area contributed by atoms with Crippen molar-refractivity contribution in [3.8, 4) is 5.75 Å². The Morgan fingerprint density at radius 1 is 1.12 bits per heavy atom. The quantitative estimate of drug-likeness (QED) is 0.175. The van der Waals surface area contributed by atoms with Gasteiger partial charge in [0.1, 0.15) is 11.2 Å². The maximum Gasteiger partial charge on any atom is 0.246 e. The molecule has 0 radical (unpaired) electrons. The normalized spacial score (nSPS) is 10.8. The van der Waals surface area contributed by atoms with E-state index in [2.05, 4.69) is 31.5 Å². The molecule has 9 nitrogen and oxygen atoms in total. The van der Waals surface area contributed by atoms with Crippen molar-refractivity contribution in [2.75, 3.05) is 23.8 Å². The lowest BCUT2D eigenvalue weighted by molar-refractivity contribution is -0.122. The van der Waals surface area contributed by atoms with E-state index in [1.165, 1.54) is 11.0 Å². The summed E-state index contributed by atoms with van der Waals surface area (Å²) in [6.45, 7) is 3.46. The number of ether oxygens (including phenoxy) is 1. The third-order valence-corrected chi connectivity index (χ3v) is 8.08. The number of rotatable bonds is 10. The third kappa shape index (κ3) is 8.29. The molecular weight excluding hydrogens is 681 g/mol. The van der Waals surface area contributed by atoms with E-state index in [0.29, 0.717) is 39.8 Å². The minimum Gasteiger partial charge on any atom is -0.485 e. The molecule has 13 heteroatoms. The fourth-order valence-electron chi connectivity index (χ4n) is 3.94. The first kappa shape index (κ1) is 33.9. The first-order chi connectivity index (χ1) is 20.1. The molecule has 2 aromatic carbocycles. The summed E-state index contributed by atoms with van der Waals surface area (Å²) in [5.41, 5.74) is 3.82. The van der Waals surface area contributed by atoms with Gasteiger partial charge in [-0.2, -0.15) is 0 Å². The number of anilines is 2. The van der Waals surface area contributed by atoms with Crippen LogP contribution in [0.15, 0.2) is 65.4 Å². The van der Waals surface area contributed by atoms with E-state index in [4.69, 9.17) is 27.9 Å². The number of carbonyl (C=O) groups excluding carboxylic acids is 3. The van der Waals surface area contributed by atoms with Gasteiger partial charge in [-0.25, -0.2) is 4.98 Å². The second-order valence-corrected chi connectivity index (χ2v) is 10.8. The van der Waals surface area contributed by atoms with Crippen LogP contribution in [-0.4, -0.2) is 40.7 Å². The van der Waals surface area contributed by atoms with Crippen LogP contribution in [0.1, 0.15) is 30.2 Å². The minimum atomic E-state index is -0.438. The topological polar surface area (TPSA) is 105 Å². The van der Waals surface area contributed by atoms with E-state index in [9.17, 15) is 14.4 Å². The van der Waals surface area contributed by atoms with Crippen molar-refractivity contribution in [3.05, 3.63) is 92.3 Å². The Morgan fingerprint density at radius 3 is 2.53 bits per heavy atom. The highest BCUT2D eigenvalue weighted by Crippen LogP contribution is 2.35. The zero-order valence-electron chi connectivity index (χ0n) is 23.5. The summed E-state index contributed by atoms with van der Waals surface area (Å²) >= 11 is 16.7. The fourth-order valence-corrected chi connectivity index (χ4v) is 4.92. The Balaban J connectivity index is 0.00000506. The van der Waals surface area contributed by atoms with Crippen LogP contribution in [0.5, 0.6) is 5.75 Å². The molecule has 2 heterocycles. The standard InChI is InChI=1S/C30H28BrCl2N5O4.ClH/c1-4-25(39)36-20-10-7-19(8-11-20)9-14-26(40)34-16-27(41)37(3)23-13-12-22(32)21(28(23)33)17-42-24-6-5-15-38-29(31)18(2)35-30(24)38;/h5-15H,4,16-17H2,1-3H3,(H,34,40)(H,36,39);1H. The highest BCUT2D eigenvalue weighted by Gasteiger charge is 2.20. The van der Waals surface area contributed by atoms with Crippen molar-refractivity contribution in [1.82, 2.24) is 14.7 Å². The van der Waals surface area contributed by atoms with E-state index >= 15 is 0 Å². The lowest BCUT2D eigenvalue weighted by Crippen LogP contribution is -2.37. The first-order valence-corrected chi connectivity index (χ1v) is 14.5. The monoisotopic (exact) mass is 707 g/mol. The van der Waals surface area contributed by atoms with Crippen LogP contribution in [0.3, 0.4) is 0 Å². The van der Waals surface area contributed by atoms with E-state index in [-0.39, 0.29) is 42.4 Å². The molecule has 226 valence electrons. The molecule has 0 aliphatic rings. The molecule has 0 atom stereocenters. The average Bonchev–Trinajstić information content (AvgIpc) is 3.28. The molecule has 4 aromatic rings. The van der Waals surface area contributed by atoms with Gasteiger partial charge in [-0.3, -0.25) is 18.8 Å². The number of halogens is 4. The molecule has 0 spiro atoms. The zero-order valence-corrected chi connectivity index (χ0v) is 27.4. The summed E-state index contributed by atoms with van der Waals surface area (Å²) in [6, 6.07) is 14.0. The lowest BCUT2D eigenvalue weighted by atomic mass is 10.2. The Morgan fingerprint density at radius 2 is 1.84 bits per heavy atom. The molecule has 0 aliphatic carbocycles. The van der Waals surface area contributed by atoms with Gasteiger partial charge in [-0.05, 0) is 70.9 Å². The van der Waals surface area contributed by atoms with E-state index in [1.807, 2.05) is 23.6 Å². The molecule has 0 fully saturated rings. The molecule has 43 heavy (non-hydrogen) atoms. The van der Waals surface area contributed by atoms with Crippen LogP contribution >= 0.6 is 51.5 Å². The van der Waals surface area contributed by atoms with Crippen molar-refractivity contribution < 1.29 is 19.1 Å². The smallest absolute Gasteiger partial charge is 0.246 e. The molecular formula is C30H29BrCl3N5O4. The Bertz CT molecular complexity index is 1670. The van der Waals surface area contributed by atoms with Gasteiger partial charge in [0.25, 0.3) is 0 Å². The number of carbonyl (C=O) groups is 3. The van der Waals surface area contributed by atoms with Gasteiger partial charge in [0, 0.05) is 42.0 Å². The number of nitrogens with one attached hydrogen (secondary N) is 2. The van der Waals surface area contributed by atoms with Gasteiger partial charge in [-0.1, -0.05) is 42.3 Å². The first-order valence-electron chi connectivity index (χ1n) is 12.9. The number of aryl methyl sites for hydroxylation is 1. The number of amides is 3. The van der Waals surface area contributed by atoms with Crippen molar-refractivity contribution in [1.29, 1.82) is 0 Å².